The number of nitrogens with zero attached hydrogens (tertiary/aromatic N) is 4. The number of aromatic nitrogens is 3. The topological polar surface area (TPSA) is 63.1 Å². The molecule has 2 fully saturated rings. The molecule has 6 nitrogen and oxygen atoms in total. The molecule has 0 unspecified atom stereocenters. The number of benzene rings is 1. The van der Waals surface area contributed by atoms with E-state index in [-0.39, 0.29) is 17.1 Å². The minimum atomic E-state index is -0.124. The number of likely N-dealkylation sites (tertiary alicyclic amines) is 1. The van der Waals surface area contributed by atoms with Gasteiger partial charge in [-0.05, 0) is 56.7 Å². The van der Waals surface area contributed by atoms with Crippen molar-refractivity contribution in [2.45, 2.75) is 57.7 Å². The third-order valence-electron chi connectivity index (χ3n) is 6.58. The fourth-order valence-electron chi connectivity index (χ4n) is 4.58. The van der Waals surface area contributed by atoms with Gasteiger partial charge in [-0.25, -0.2) is 4.39 Å². The zero-order valence-corrected chi connectivity index (χ0v) is 16.0. The second-order valence-electron chi connectivity index (χ2n) is 8.64. The first-order valence-electron chi connectivity index (χ1n) is 10.3. The summed E-state index contributed by atoms with van der Waals surface area (Å²) in [5.41, 5.74) is 0.956. The molecule has 0 radical (unpaired) electrons. The average Bonchev–Trinajstić information content (AvgIpc) is 3.42. The summed E-state index contributed by atoms with van der Waals surface area (Å²) in [6, 6.07) is 7.35. The fourth-order valence-corrected chi connectivity index (χ4v) is 4.58. The maximum absolute atomic E-state index is 14.0. The molecule has 0 atom stereocenters. The molecular formula is C21H26FN5O. The van der Waals surface area contributed by atoms with Crippen molar-refractivity contribution in [3.63, 3.8) is 0 Å². The van der Waals surface area contributed by atoms with E-state index in [1.165, 1.54) is 6.07 Å². The quantitative estimate of drug-likeness (QED) is 0.881. The van der Waals surface area contributed by atoms with Crippen LogP contribution in [0.3, 0.4) is 0 Å². The number of hydrogen-bond acceptors (Lipinski definition) is 4. The summed E-state index contributed by atoms with van der Waals surface area (Å²) in [5, 5.41) is 11.5. The van der Waals surface area contributed by atoms with Crippen LogP contribution in [0.1, 0.15) is 54.1 Å². The van der Waals surface area contributed by atoms with E-state index in [2.05, 4.69) is 20.4 Å². The molecule has 1 aromatic carbocycles. The highest BCUT2D eigenvalue weighted by Gasteiger charge is 2.40. The second kappa shape index (κ2) is 6.95. The van der Waals surface area contributed by atoms with Crippen LogP contribution in [0, 0.1) is 11.2 Å². The minimum absolute atomic E-state index is 0.0877. The Morgan fingerprint density at radius 3 is 2.71 bits per heavy atom. The van der Waals surface area contributed by atoms with E-state index in [4.69, 9.17) is 0 Å². The van der Waals surface area contributed by atoms with Crippen LogP contribution in [0.4, 0.5) is 4.39 Å². The van der Waals surface area contributed by atoms with Crippen molar-refractivity contribution in [3.05, 3.63) is 47.3 Å². The molecule has 1 amide bonds. The summed E-state index contributed by atoms with van der Waals surface area (Å²) in [6.07, 6.45) is 6.20. The van der Waals surface area contributed by atoms with Gasteiger partial charge in [0.15, 0.2) is 0 Å². The summed E-state index contributed by atoms with van der Waals surface area (Å²) in [6.45, 7) is 3.39. The highest BCUT2D eigenvalue weighted by molar-refractivity contribution is 5.91. The molecule has 0 bridgehead atoms. The van der Waals surface area contributed by atoms with Crippen LogP contribution in [0.15, 0.2) is 24.3 Å². The number of aryl methyl sites for hydroxylation is 1. The third kappa shape index (κ3) is 3.43. The number of carbonyl (C=O) groups is 1. The van der Waals surface area contributed by atoms with Crippen molar-refractivity contribution in [2.24, 2.45) is 5.41 Å². The van der Waals surface area contributed by atoms with Crippen LogP contribution in [-0.4, -0.2) is 44.7 Å². The third-order valence-corrected chi connectivity index (χ3v) is 6.58. The molecule has 148 valence electrons. The molecule has 1 saturated carbocycles. The molecule has 5 rings (SSSR count). The molecule has 1 spiro atoms. The number of hydrogen-bond donors (Lipinski definition) is 1. The van der Waals surface area contributed by atoms with Crippen LogP contribution >= 0.6 is 0 Å². The predicted molar refractivity (Wildman–Crippen MR) is 102 cm³/mol. The molecule has 2 aromatic rings. The number of rotatable bonds is 4. The van der Waals surface area contributed by atoms with Crippen molar-refractivity contribution in [3.8, 4) is 0 Å². The van der Waals surface area contributed by atoms with Crippen molar-refractivity contribution in [2.75, 3.05) is 13.1 Å². The lowest BCUT2D eigenvalue weighted by molar-refractivity contribution is 0.0613. The van der Waals surface area contributed by atoms with Crippen LogP contribution in [-0.2, 0) is 19.5 Å². The minimum Gasteiger partial charge on any atom is -0.347 e. The largest absolute Gasteiger partial charge is 0.347 e. The maximum Gasteiger partial charge on any atom is 0.289 e. The van der Waals surface area contributed by atoms with Gasteiger partial charge in [0.1, 0.15) is 11.6 Å². The number of fused-ring (bicyclic) bond motifs is 1. The molecule has 1 N–H and O–H groups in total. The summed E-state index contributed by atoms with van der Waals surface area (Å²) in [5.74, 6) is 1.19. The van der Waals surface area contributed by atoms with Gasteiger partial charge in [-0.15, -0.1) is 10.2 Å². The number of carbonyl (C=O) groups excluding carboxylic acids is 1. The van der Waals surface area contributed by atoms with E-state index < -0.39 is 0 Å². The first kappa shape index (κ1) is 17.8. The SMILES string of the molecule is O=C(NC1CC1)c1nnc2n1CC1(CC2)CCN(Cc2ccccc2F)CC1. The zero-order chi connectivity index (χ0) is 19.1. The van der Waals surface area contributed by atoms with Crippen molar-refractivity contribution >= 4 is 5.91 Å². The van der Waals surface area contributed by atoms with Gasteiger partial charge in [0.25, 0.3) is 5.91 Å². The average molecular weight is 383 g/mol. The van der Waals surface area contributed by atoms with Gasteiger partial charge in [-0.3, -0.25) is 9.69 Å². The summed E-state index contributed by atoms with van der Waals surface area (Å²) in [4.78, 5) is 14.8. The van der Waals surface area contributed by atoms with E-state index >= 15 is 0 Å². The Hall–Kier alpha value is -2.28. The van der Waals surface area contributed by atoms with Gasteiger partial charge >= 0.3 is 0 Å². The van der Waals surface area contributed by atoms with Crippen LogP contribution in [0.5, 0.6) is 0 Å². The van der Waals surface area contributed by atoms with Crippen LogP contribution < -0.4 is 5.32 Å². The van der Waals surface area contributed by atoms with Gasteiger partial charge in [-0.1, -0.05) is 18.2 Å². The molecular weight excluding hydrogens is 357 g/mol. The maximum atomic E-state index is 14.0. The smallest absolute Gasteiger partial charge is 0.289 e. The van der Waals surface area contributed by atoms with Crippen LogP contribution in [0.25, 0.3) is 0 Å². The highest BCUT2D eigenvalue weighted by Crippen LogP contribution is 2.41. The fraction of sp³-hybridized carbons (Fsp3) is 0.571. The molecule has 2 aliphatic heterocycles. The van der Waals surface area contributed by atoms with Gasteiger partial charge in [0.05, 0.1) is 0 Å². The Kier molecular flexibility index (Phi) is 4.42. The van der Waals surface area contributed by atoms with Gasteiger partial charge in [0, 0.05) is 31.1 Å². The van der Waals surface area contributed by atoms with Crippen molar-refractivity contribution in [1.29, 1.82) is 0 Å². The summed E-state index contributed by atoms with van der Waals surface area (Å²) in [7, 11) is 0. The Bertz CT molecular complexity index is 883. The lowest BCUT2D eigenvalue weighted by Crippen LogP contribution is -2.45. The van der Waals surface area contributed by atoms with E-state index in [0.717, 1.165) is 69.5 Å². The molecule has 1 aliphatic carbocycles. The lowest BCUT2D eigenvalue weighted by Gasteiger charge is -2.44. The van der Waals surface area contributed by atoms with Gasteiger partial charge < -0.3 is 9.88 Å². The molecule has 28 heavy (non-hydrogen) atoms. The highest BCUT2D eigenvalue weighted by atomic mass is 19.1. The van der Waals surface area contributed by atoms with Gasteiger partial charge in [-0.2, -0.15) is 0 Å². The first-order valence-corrected chi connectivity index (χ1v) is 10.3. The molecule has 1 saturated heterocycles. The Labute approximate surface area is 164 Å². The standard InChI is InChI=1S/C21H26FN5O/c22-17-4-2-1-3-15(17)13-26-11-9-21(10-12-26)8-7-18-24-25-19(27(18)14-21)20(28)23-16-5-6-16/h1-4,16H,5-14H2,(H,23,28). The summed E-state index contributed by atoms with van der Waals surface area (Å²) < 4.78 is 16.0. The molecule has 3 heterocycles. The Morgan fingerprint density at radius 2 is 1.96 bits per heavy atom. The van der Waals surface area contributed by atoms with E-state index in [1.807, 2.05) is 16.7 Å². The first-order chi connectivity index (χ1) is 13.6. The van der Waals surface area contributed by atoms with Crippen molar-refractivity contribution in [1.82, 2.24) is 25.0 Å². The Morgan fingerprint density at radius 1 is 1.18 bits per heavy atom. The summed E-state index contributed by atoms with van der Waals surface area (Å²) >= 11 is 0. The van der Waals surface area contributed by atoms with Crippen LogP contribution in [0.2, 0.25) is 0 Å². The van der Waals surface area contributed by atoms with Gasteiger partial charge in [0.2, 0.25) is 5.82 Å². The second-order valence-corrected chi connectivity index (χ2v) is 8.64. The normalized spacial score (nSPS) is 21.5. The number of halogens is 1. The number of nitrogens with one attached hydrogen (secondary N) is 1. The number of amides is 1. The predicted octanol–water partition coefficient (Wildman–Crippen LogP) is 2.54. The molecule has 3 aliphatic rings. The number of piperidine rings is 1. The van der Waals surface area contributed by atoms with Crippen molar-refractivity contribution < 1.29 is 9.18 Å². The van der Waals surface area contributed by atoms with E-state index in [0.29, 0.717) is 18.4 Å². The monoisotopic (exact) mass is 383 g/mol. The lowest BCUT2D eigenvalue weighted by atomic mass is 9.73. The Balaban J connectivity index is 1.25. The van der Waals surface area contributed by atoms with E-state index in [1.54, 1.807) is 6.07 Å². The zero-order valence-electron chi connectivity index (χ0n) is 16.0. The molecule has 1 aromatic heterocycles. The molecule has 7 heteroatoms. The van der Waals surface area contributed by atoms with E-state index in [9.17, 15) is 9.18 Å².